The second-order valence-electron chi connectivity index (χ2n) is 10.8. The number of rotatable bonds is 3. The summed E-state index contributed by atoms with van der Waals surface area (Å²) in [5.41, 5.74) is 5.15. The van der Waals surface area contributed by atoms with Crippen molar-refractivity contribution in [3.8, 4) is 28.3 Å². The first-order chi connectivity index (χ1) is 18.3. The lowest BCUT2D eigenvalue weighted by atomic mass is 10.0. The molecule has 0 amide bonds. The van der Waals surface area contributed by atoms with Gasteiger partial charge in [0.2, 0.25) is 0 Å². The smallest absolute Gasteiger partial charge is 0.194 e. The molecule has 10 nitrogen and oxygen atoms in total. The molecule has 38 heavy (non-hydrogen) atoms. The van der Waals surface area contributed by atoms with Crippen LogP contribution in [0.15, 0.2) is 49.2 Å². The van der Waals surface area contributed by atoms with Gasteiger partial charge in [0.1, 0.15) is 11.9 Å². The summed E-state index contributed by atoms with van der Waals surface area (Å²) in [6.45, 7) is 8.71. The van der Waals surface area contributed by atoms with Gasteiger partial charge in [0.25, 0.3) is 0 Å². The van der Waals surface area contributed by atoms with Crippen LogP contribution in [0.1, 0.15) is 32.3 Å². The van der Waals surface area contributed by atoms with Crippen molar-refractivity contribution < 1.29 is 0 Å². The Morgan fingerprint density at radius 3 is 2.42 bits per heavy atom. The van der Waals surface area contributed by atoms with Gasteiger partial charge in [0, 0.05) is 86.2 Å². The zero-order valence-corrected chi connectivity index (χ0v) is 22.1. The molecule has 6 heterocycles. The highest BCUT2D eigenvalue weighted by atomic mass is 15.4. The standard InChI is InChI=1S/C28H32N10/c1-28(2)7-4-8-37(28)27(30)36-11-9-35(10-12-36)25-6-5-20(15-31-25)24-13-21(23-17-32-34(3)18-23)19-38-26(24)22(14-29)16-33-38/h5-6,13,15-19,30H,4,7-12H2,1-3H3. The second-order valence-corrected chi connectivity index (χ2v) is 10.8. The van der Waals surface area contributed by atoms with E-state index in [4.69, 9.17) is 10.4 Å². The molecular formula is C28H32N10. The summed E-state index contributed by atoms with van der Waals surface area (Å²) in [5.74, 6) is 1.58. The van der Waals surface area contributed by atoms with Crippen LogP contribution in [-0.2, 0) is 7.05 Å². The summed E-state index contributed by atoms with van der Waals surface area (Å²) in [5, 5.41) is 27.2. The van der Waals surface area contributed by atoms with Gasteiger partial charge >= 0.3 is 0 Å². The molecular weight excluding hydrogens is 476 g/mol. The first-order valence-corrected chi connectivity index (χ1v) is 13.1. The molecule has 1 N–H and O–H groups in total. The molecule has 0 atom stereocenters. The molecule has 4 aromatic rings. The second kappa shape index (κ2) is 9.17. The van der Waals surface area contributed by atoms with Gasteiger partial charge in [-0.05, 0) is 44.9 Å². The van der Waals surface area contributed by atoms with E-state index >= 15 is 0 Å². The normalized spacial score (nSPS) is 17.3. The van der Waals surface area contributed by atoms with Gasteiger partial charge in [-0.15, -0.1) is 0 Å². The minimum atomic E-state index is 0.0618. The number of likely N-dealkylation sites (tertiary alicyclic amines) is 1. The summed E-state index contributed by atoms with van der Waals surface area (Å²) in [7, 11) is 1.89. The summed E-state index contributed by atoms with van der Waals surface area (Å²) < 4.78 is 3.53. The number of anilines is 1. The van der Waals surface area contributed by atoms with Crippen molar-refractivity contribution in [3.63, 3.8) is 0 Å². The van der Waals surface area contributed by atoms with E-state index in [1.165, 1.54) is 0 Å². The number of hydrogen-bond donors (Lipinski definition) is 1. The quantitative estimate of drug-likeness (QED) is 0.333. The molecule has 2 aliphatic heterocycles. The number of hydrogen-bond acceptors (Lipinski definition) is 6. The fourth-order valence-corrected chi connectivity index (χ4v) is 5.70. The topological polar surface area (TPSA) is 105 Å². The number of fused-ring (bicyclic) bond motifs is 1. The molecule has 194 valence electrons. The van der Waals surface area contributed by atoms with Gasteiger partial charge in [-0.2, -0.15) is 15.5 Å². The van der Waals surface area contributed by atoms with Crippen molar-refractivity contribution >= 4 is 17.3 Å². The average Bonchev–Trinajstić information content (AvgIpc) is 3.65. The Hall–Kier alpha value is -4.39. The highest BCUT2D eigenvalue weighted by Crippen LogP contribution is 2.33. The molecule has 4 aromatic heterocycles. The van der Waals surface area contributed by atoms with E-state index in [-0.39, 0.29) is 5.54 Å². The van der Waals surface area contributed by atoms with E-state index in [9.17, 15) is 5.26 Å². The SMILES string of the molecule is Cn1cc(-c2cc(-c3ccc(N4CCN(C(=N)N5CCCC5(C)C)CC4)nc3)c3c(C#N)cnn3c2)cn1. The number of nitrogens with zero attached hydrogens (tertiary/aromatic N) is 9. The predicted molar refractivity (Wildman–Crippen MR) is 147 cm³/mol. The van der Waals surface area contributed by atoms with Gasteiger partial charge in [0.15, 0.2) is 5.96 Å². The molecule has 0 spiro atoms. The fraction of sp³-hybridized carbons (Fsp3) is 0.393. The fourth-order valence-electron chi connectivity index (χ4n) is 5.70. The van der Waals surface area contributed by atoms with Crippen LogP contribution in [0.5, 0.6) is 0 Å². The third-order valence-corrected chi connectivity index (χ3v) is 7.89. The van der Waals surface area contributed by atoms with Gasteiger partial charge < -0.3 is 14.7 Å². The Balaban J connectivity index is 1.23. The van der Waals surface area contributed by atoms with Crippen LogP contribution in [0, 0.1) is 16.7 Å². The highest BCUT2D eigenvalue weighted by Gasteiger charge is 2.36. The molecule has 0 aliphatic carbocycles. The summed E-state index contributed by atoms with van der Waals surface area (Å²) in [4.78, 5) is 11.5. The van der Waals surface area contributed by atoms with Crippen molar-refractivity contribution in [3.05, 3.63) is 54.7 Å². The molecule has 2 fully saturated rings. The first-order valence-electron chi connectivity index (χ1n) is 13.1. The van der Waals surface area contributed by atoms with Crippen molar-refractivity contribution in [2.75, 3.05) is 37.6 Å². The average molecular weight is 509 g/mol. The van der Waals surface area contributed by atoms with E-state index in [0.717, 1.165) is 79.2 Å². The molecule has 2 saturated heterocycles. The van der Waals surface area contributed by atoms with Gasteiger partial charge in [-0.1, -0.05) is 0 Å². The number of aryl methyl sites for hydroxylation is 1. The van der Waals surface area contributed by atoms with Crippen molar-refractivity contribution in [2.24, 2.45) is 7.05 Å². The molecule has 6 rings (SSSR count). The maximum absolute atomic E-state index is 9.70. The van der Waals surface area contributed by atoms with E-state index in [2.05, 4.69) is 63.0 Å². The predicted octanol–water partition coefficient (Wildman–Crippen LogP) is 3.60. The molecule has 0 saturated carbocycles. The van der Waals surface area contributed by atoms with Crippen LogP contribution < -0.4 is 4.90 Å². The number of nitriles is 1. The molecule has 0 aromatic carbocycles. The molecule has 0 unspecified atom stereocenters. The lowest BCUT2D eigenvalue weighted by Gasteiger charge is -2.42. The van der Waals surface area contributed by atoms with E-state index < -0.39 is 0 Å². The third-order valence-electron chi connectivity index (χ3n) is 7.89. The van der Waals surface area contributed by atoms with Crippen molar-refractivity contribution in [1.82, 2.24) is 34.2 Å². The molecule has 0 radical (unpaired) electrons. The zero-order valence-electron chi connectivity index (χ0n) is 22.1. The van der Waals surface area contributed by atoms with Gasteiger partial charge in [0.05, 0.1) is 23.5 Å². The highest BCUT2D eigenvalue weighted by molar-refractivity contribution is 5.87. The summed E-state index contributed by atoms with van der Waals surface area (Å²) in [6.07, 6.45) is 11.5. The number of nitrogens with one attached hydrogen (secondary N) is 1. The van der Waals surface area contributed by atoms with Crippen LogP contribution in [-0.4, -0.2) is 78.4 Å². The van der Waals surface area contributed by atoms with E-state index in [0.29, 0.717) is 11.5 Å². The number of aromatic nitrogens is 5. The Morgan fingerprint density at radius 2 is 1.79 bits per heavy atom. The Labute approximate surface area is 222 Å². The largest absolute Gasteiger partial charge is 0.353 e. The lowest BCUT2D eigenvalue weighted by Crippen LogP contribution is -2.56. The molecule has 10 heteroatoms. The van der Waals surface area contributed by atoms with Gasteiger partial charge in [-0.25, -0.2) is 9.50 Å². The van der Waals surface area contributed by atoms with E-state index in [1.54, 1.807) is 15.4 Å². The summed E-state index contributed by atoms with van der Waals surface area (Å²) >= 11 is 0. The Kier molecular flexibility index (Phi) is 5.79. The zero-order chi connectivity index (χ0) is 26.4. The van der Waals surface area contributed by atoms with Crippen LogP contribution in [0.2, 0.25) is 0 Å². The van der Waals surface area contributed by atoms with E-state index in [1.807, 2.05) is 31.8 Å². The van der Waals surface area contributed by atoms with Crippen LogP contribution in [0.4, 0.5) is 5.82 Å². The number of guanidine groups is 1. The molecule has 0 bridgehead atoms. The lowest BCUT2D eigenvalue weighted by molar-refractivity contribution is 0.229. The minimum absolute atomic E-state index is 0.0618. The number of pyridine rings is 2. The Morgan fingerprint density at radius 1 is 0.974 bits per heavy atom. The van der Waals surface area contributed by atoms with Gasteiger partial charge in [-0.3, -0.25) is 10.1 Å². The van der Waals surface area contributed by atoms with Crippen LogP contribution in [0.25, 0.3) is 27.8 Å². The van der Waals surface area contributed by atoms with Crippen molar-refractivity contribution in [2.45, 2.75) is 32.2 Å². The minimum Gasteiger partial charge on any atom is -0.353 e. The monoisotopic (exact) mass is 508 g/mol. The Bertz CT molecular complexity index is 1530. The maximum Gasteiger partial charge on any atom is 0.194 e. The third kappa shape index (κ3) is 4.14. The van der Waals surface area contributed by atoms with Crippen LogP contribution in [0.3, 0.4) is 0 Å². The van der Waals surface area contributed by atoms with Crippen molar-refractivity contribution in [1.29, 1.82) is 10.7 Å². The summed E-state index contributed by atoms with van der Waals surface area (Å²) in [6, 6.07) is 8.47. The van der Waals surface area contributed by atoms with Crippen LogP contribution >= 0.6 is 0 Å². The first kappa shape index (κ1) is 24.0. The number of piperazine rings is 1. The maximum atomic E-state index is 9.70. The molecule has 2 aliphatic rings.